The number of aryl methyl sites for hydroxylation is 1. The van der Waals surface area contributed by atoms with Crippen molar-refractivity contribution in [3.05, 3.63) is 48.3 Å². The monoisotopic (exact) mass is 324 g/mol. The van der Waals surface area contributed by atoms with Crippen LogP contribution in [0.3, 0.4) is 0 Å². The van der Waals surface area contributed by atoms with Gasteiger partial charge in [-0.25, -0.2) is 8.78 Å². The van der Waals surface area contributed by atoms with Crippen LogP contribution < -0.4 is 5.32 Å². The SMILES string of the molecule is C=CCn1c(C)nnc1SCC(=O)Nc1cc(F)ccc1F. The summed E-state index contributed by atoms with van der Waals surface area (Å²) in [6.45, 7) is 5.97. The molecule has 1 aromatic carbocycles. The Morgan fingerprint density at radius 1 is 1.45 bits per heavy atom. The fourth-order valence-corrected chi connectivity index (χ4v) is 2.51. The summed E-state index contributed by atoms with van der Waals surface area (Å²) in [5.41, 5.74) is -0.186. The molecule has 1 heterocycles. The highest BCUT2D eigenvalue weighted by Crippen LogP contribution is 2.19. The first-order chi connectivity index (χ1) is 10.5. The lowest BCUT2D eigenvalue weighted by Gasteiger charge is -2.07. The summed E-state index contributed by atoms with van der Waals surface area (Å²) in [4.78, 5) is 11.8. The number of anilines is 1. The number of carbonyl (C=O) groups excluding carboxylic acids is 1. The predicted octanol–water partition coefficient (Wildman–Crippen LogP) is 2.78. The van der Waals surface area contributed by atoms with Gasteiger partial charge in [-0.3, -0.25) is 4.79 Å². The quantitative estimate of drug-likeness (QED) is 0.656. The van der Waals surface area contributed by atoms with Crippen molar-refractivity contribution < 1.29 is 13.6 Å². The van der Waals surface area contributed by atoms with Crippen LogP contribution in [0.15, 0.2) is 36.0 Å². The van der Waals surface area contributed by atoms with E-state index in [0.717, 1.165) is 30.0 Å². The molecule has 0 unspecified atom stereocenters. The number of nitrogens with one attached hydrogen (secondary N) is 1. The third-order valence-electron chi connectivity index (χ3n) is 2.75. The topological polar surface area (TPSA) is 59.8 Å². The van der Waals surface area contributed by atoms with Crippen molar-refractivity contribution in [2.45, 2.75) is 18.6 Å². The average Bonchev–Trinajstić information content (AvgIpc) is 2.82. The van der Waals surface area contributed by atoms with Crippen LogP contribution in [0.5, 0.6) is 0 Å². The number of benzene rings is 1. The first-order valence-electron chi connectivity index (χ1n) is 6.39. The lowest BCUT2D eigenvalue weighted by molar-refractivity contribution is -0.113. The van der Waals surface area contributed by atoms with Gasteiger partial charge in [0.25, 0.3) is 0 Å². The van der Waals surface area contributed by atoms with Crippen LogP contribution in [-0.2, 0) is 11.3 Å². The number of hydrogen-bond donors (Lipinski definition) is 1. The molecule has 1 amide bonds. The van der Waals surface area contributed by atoms with Gasteiger partial charge in [-0.15, -0.1) is 16.8 Å². The highest BCUT2D eigenvalue weighted by molar-refractivity contribution is 7.99. The molecule has 1 N–H and O–H groups in total. The first kappa shape index (κ1) is 16.2. The molecule has 5 nitrogen and oxygen atoms in total. The zero-order valence-corrected chi connectivity index (χ0v) is 12.7. The Balaban J connectivity index is 1.98. The molecule has 0 saturated carbocycles. The molecule has 1 aromatic heterocycles. The van der Waals surface area contributed by atoms with Gasteiger partial charge in [-0.1, -0.05) is 17.8 Å². The van der Waals surface area contributed by atoms with Crippen LogP contribution in [-0.4, -0.2) is 26.4 Å². The fraction of sp³-hybridized carbons (Fsp3) is 0.214. The number of aromatic nitrogens is 3. The number of amides is 1. The van der Waals surface area contributed by atoms with Gasteiger partial charge >= 0.3 is 0 Å². The molecule has 2 rings (SSSR count). The van der Waals surface area contributed by atoms with Gasteiger partial charge in [-0.05, 0) is 19.1 Å². The Bertz CT molecular complexity index is 702. The van der Waals surface area contributed by atoms with Crippen LogP contribution in [0.4, 0.5) is 14.5 Å². The van der Waals surface area contributed by atoms with Gasteiger partial charge in [-0.2, -0.15) is 0 Å². The highest BCUT2D eigenvalue weighted by atomic mass is 32.2. The molecule has 0 aliphatic heterocycles. The smallest absolute Gasteiger partial charge is 0.234 e. The molecule has 8 heteroatoms. The number of hydrogen-bond acceptors (Lipinski definition) is 4. The van der Waals surface area contributed by atoms with Crippen LogP contribution in [0, 0.1) is 18.6 Å². The largest absolute Gasteiger partial charge is 0.323 e. The van der Waals surface area contributed by atoms with E-state index in [1.54, 1.807) is 17.6 Å². The van der Waals surface area contributed by atoms with Crippen LogP contribution in [0.2, 0.25) is 0 Å². The molecule has 0 fully saturated rings. The van der Waals surface area contributed by atoms with Crippen LogP contribution in [0.1, 0.15) is 5.82 Å². The maximum Gasteiger partial charge on any atom is 0.234 e. The molecule has 0 atom stereocenters. The molecule has 116 valence electrons. The fourth-order valence-electron chi connectivity index (χ4n) is 1.72. The van der Waals surface area contributed by atoms with Gasteiger partial charge in [0.05, 0.1) is 11.4 Å². The van der Waals surface area contributed by atoms with Crippen molar-refractivity contribution in [3.8, 4) is 0 Å². The molecule has 2 aromatic rings. The van der Waals surface area contributed by atoms with E-state index in [0.29, 0.717) is 17.5 Å². The Labute approximate surface area is 130 Å². The van der Waals surface area contributed by atoms with E-state index in [9.17, 15) is 13.6 Å². The van der Waals surface area contributed by atoms with E-state index in [-0.39, 0.29) is 11.4 Å². The molecule has 0 saturated heterocycles. The number of nitrogens with zero attached hydrogens (tertiary/aromatic N) is 3. The summed E-state index contributed by atoms with van der Waals surface area (Å²) < 4.78 is 28.3. The van der Waals surface area contributed by atoms with Gasteiger partial charge in [0, 0.05) is 12.6 Å². The first-order valence-corrected chi connectivity index (χ1v) is 7.38. The number of halogens is 2. The van der Waals surface area contributed by atoms with E-state index >= 15 is 0 Å². The van der Waals surface area contributed by atoms with Crippen molar-refractivity contribution in [2.75, 3.05) is 11.1 Å². The average molecular weight is 324 g/mol. The summed E-state index contributed by atoms with van der Waals surface area (Å²) in [5, 5.41) is 10.8. The van der Waals surface area contributed by atoms with Crippen molar-refractivity contribution in [1.82, 2.24) is 14.8 Å². The van der Waals surface area contributed by atoms with Crippen LogP contribution >= 0.6 is 11.8 Å². The highest BCUT2D eigenvalue weighted by Gasteiger charge is 2.12. The second-order valence-electron chi connectivity index (χ2n) is 4.39. The minimum absolute atomic E-state index is 0.00519. The normalized spacial score (nSPS) is 10.5. The van der Waals surface area contributed by atoms with E-state index < -0.39 is 17.5 Å². The second-order valence-corrected chi connectivity index (χ2v) is 5.33. The number of thioether (sulfide) groups is 1. The third kappa shape index (κ3) is 3.91. The zero-order chi connectivity index (χ0) is 16.1. The molecule has 22 heavy (non-hydrogen) atoms. The lowest BCUT2D eigenvalue weighted by atomic mass is 10.3. The summed E-state index contributed by atoms with van der Waals surface area (Å²) in [7, 11) is 0. The molecule has 0 aliphatic rings. The lowest BCUT2D eigenvalue weighted by Crippen LogP contribution is -2.15. The molecular formula is C14H14F2N4OS. The Kier molecular flexibility index (Phi) is 5.26. The standard InChI is InChI=1S/C14H14F2N4OS/c1-3-6-20-9(2)18-19-14(20)22-8-13(21)17-12-7-10(15)4-5-11(12)16/h3-5,7H,1,6,8H2,2H3,(H,17,21). The number of rotatable bonds is 6. The Morgan fingerprint density at radius 2 is 2.23 bits per heavy atom. The van der Waals surface area contributed by atoms with E-state index in [1.807, 2.05) is 0 Å². The molecular weight excluding hydrogens is 310 g/mol. The number of carbonyl (C=O) groups is 1. The minimum Gasteiger partial charge on any atom is -0.323 e. The summed E-state index contributed by atoms with van der Waals surface area (Å²) >= 11 is 1.16. The summed E-state index contributed by atoms with van der Waals surface area (Å²) in [6.07, 6.45) is 1.70. The summed E-state index contributed by atoms with van der Waals surface area (Å²) in [6, 6.07) is 2.88. The van der Waals surface area contributed by atoms with Crippen molar-refractivity contribution >= 4 is 23.4 Å². The molecule has 0 radical (unpaired) electrons. The van der Waals surface area contributed by atoms with Gasteiger partial charge in [0.1, 0.15) is 17.5 Å². The maximum absolute atomic E-state index is 13.4. The van der Waals surface area contributed by atoms with E-state index in [4.69, 9.17) is 0 Å². The van der Waals surface area contributed by atoms with Gasteiger partial charge in [0.15, 0.2) is 5.16 Å². The molecule has 0 aliphatic carbocycles. The third-order valence-corrected chi connectivity index (χ3v) is 3.72. The van der Waals surface area contributed by atoms with Gasteiger partial charge in [0.2, 0.25) is 5.91 Å². The van der Waals surface area contributed by atoms with E-state index in [2.05, 4.69) is 22.1 Å². The van der Waals surface area contributed by atoms with Crippen molar-refractivity contribution in [3.63, 3.8) is 0 Å². The maximum atomic E-state index is 13.4. The van der Waals surface area contributed by atoms with Crippen molar-refractivity contribution in [2.24, 2.45) is 0 Å². The van der Waals surface area contributed by atoms with Gasteiger partial charge < -0.3 is 9.88 Å². The predicted molar refractivity (Wildman–Crippen MR) is 80.7 cm³/mol. The molecule has 0 bridgehead atoms. The second kappa shape index (κ2) is 7.17. The summed E-state index contributed by atoms with van der Waals surface area (Å²) in [5.74, 6) is -1.05. The zero-order valence-electron chi connectivity index (χ0n) is 11.8. The molecule has 0 spiro atoms. The van der Waals surface area contributed by atoms with Crippen molar-refractivity contribution in [1.29, 1.82) is 0 Å². The van der Waals surface area contributed by atoms with Crippen LogP contribution in [0.25, 0.3) is 0 Å². The Morgan fingerprint density at radius 3 is 2.95 bits per heavy atom. The van der Waals surface area contributed by atoms with E-state index in [1.165, 1.54) is 0 Å². The Hall–Kier alpha value is -2.22. The number of allylic oxidation sites excluding steroid dienone is 1. The minimum atomic E-state index is -0.689.